The number of carbonyl (C=O) groups excluding carboxylic acids is 2. The number of carbonyl (C=O) groups is 2. The number of nitrogens with one attached hydrogen (secondary N) is 3. The molecule has 0 radical (unpaired) electrons. The van der Waals surface area contributed by atoms with E-state index < -0.39 is 18.2 Å². The predicted octanol–water partition coefficient (Wildman–Crippen LogP) is 1.56. The van der Waals surface area contributed by atoms with E-state index in [4.69, 9.17) is 0 Å². The van der Waals surface area contributed by atoms with E-state index in [9.17, 15) is 19.1 Å². The second-order valence-electron chi connectivity index (χ2n) is 8.48. The van der Waals surface area contributed by atoms with Crippen LogP contribution in [0.5, 0.6) is 0 Å². The highest BCUT2D eigenvalue weighted by Gasteiger charge is 2.39. The number of aliphatic hydroxyl groups excluding tert-OH is 1. The Labute approximate surface area is 176 Å². The maximum atomic E-state index is 13.5. The molecular formula is C22H31FN4O3. The molecule has 164 valence electrons. The summed E-state index contributed by atoms with van der Waals surface area (Å²) in [5.74, 6) is -0.830. The molecule has 1 fully saturated rings. The fourth-order valence-corrected chi connectivity index (χ4v) is 4.04. The fourth-order valence-electron chi connectivity index (χ4n) is 4.04. The maximum Gasteiger partial charge on any atom is 0.245 e. The number of aromatic nitrogens is 1. The molecule has 0 bridgehead atoms. The van der Waals surface area contributed by atoms with Gasteiger partial charge in [0.15, 0.2) is 0 Å². The van der Waals surface area contributed by atoms with Crippen LogP contribution in [0.25, 0.3) is 10.9 Å². The minimum absolute atomic E-state index is 0.0973. The van der Waals surface area contributed by atoms with Gasteiger partial charge in [0.05, 0.1) is 12.1 Å². The van der Waals surface area contributed by atoms with E-state index >= 15 is 0 Å². The first-order valence-electron chi connectivity index (χ1n) is 10.4. The largest absolute Gasteiger partial charge is 0.391 e. The average molecular weight is 419 g/mol. The number of rotatable bonds is 7. The molecule has 1 saturated heterocycles. The summed E-state index contributed by atoms with van der Waals surface area (Å²) in [7, 11) is 1.69. The Hall–Kier alpha value is -2.45. The lowest BCUT2D eigenvalue weighted by atomic mass is 9.99. The Morgan fingerprint density at radius 3 is 2.73 bits per heavy atom. The van der Waals surface area contributed by atoms with Crippen LogP contribution in [0, 0.1) is 11.7 Å². The van der Waals surface area contributed by atoms with Gasteiger partial charge in [0, 0.05) is 29.7 Å². The number of benzene rings is 1. The van der Waals surface area contributed by atoms with Crippen molar-refractivity contribution in [1.82, 2.24) is 20.5 Å². The quantitative estimate of drug-likeness (QED) is 0.549. The summed E-state index contributed by atoms with van der Waals surface area (Å²) >= 11 is 0. The second-order valence-corrected chi connectivity index (χ2v) is 8.48. The summed E-state index contributed by atoms with van der Waals surface area (Å²) in [5.41, 5.74) is 1.67. The average Bonchev–Trinajstić information content (AvgIpc) is 3.27. The van der Waals surface area contributed by atoms with Gasteiger partial charge in [0.2, 0.25) is 11.8 Å². The van der Waals surface area contributed by atoms with Gasteiger partial charge >= 0.3 is 0 Å². The summed E-state index contributed by atoms with van der Waals surface area (Å²) in [6, 6.07) is 3.31. The number of hydrogen-bond donors (Lipinski definition) is 4. The van der Waals surface area contributed by atoms with Crippen LogP contribution in [-0.4, -0.2) is 64.6 Å². The van der Waals surface area contributed by atoms with Crippen LogP contribution in [0.15, 0.2) is 24.4 Å². The molecule has 0 spiro atoms. The van der Waals surface area contributed by atoms with Gasteiger partial charge in [0.25, 0.3) is 0 Å². The van der Waals surface area contributed by atoms with Crippen LogP contribution >= 0.6 is 0 Å². The molecule has 0 aliphatic carbocycles. The van der Waals surface area contributed by atoms with Crippen LogP contribution in [0.3, 0.4) is 0 Å². The highest BCUT2D eigenvalue weighted by molar-refractivity contribution is 5.90. The Morgan fingerprint density at radius 2 is 2.07 bits per heavy atom. The Balaban J connectivity index is 1.79. The van der Waals surface area contributed by atoms with Crippen LogP contribution in [0.1, 0.15) is 32.8 Å². The zero-order chi connectivity index (χ0) is 22.0. The van der Waals surface area contributed by atoms with Gasteiger partial charge in [-0.25, -0.2) is 4.39 Å². The zero-order valence-electron chi connectivity index (χ0n) is 17.9. The van der Waals surface area contributed by atoms with Crippen molar-refractivity contribution in [1.29, 1.82) is 0 Å². The lowest BCUT2D eigenvalue weighted by Gasteiger charge is -2.31. The molecule has 1 aromatic carbocycles. The van der Waals surface area contributed by atoms with Crippen molar-refractivity contribution in [3.63, 3.8) is 0 Å². The number of likely N-dealkylation sites (N-methyl/N-ethyl adjacent to an activating group) is 1. The van der Waals surface area contributed by atoms with Gasteiger partial charge < -0.3 is 25.6 Å². The van der Waals surface area contributed by atoms with Crippen molar-refractivity contribution in [2.45, 2.75) is 57.8 Å². The third-order valence-corrected chi connectivity index (χ3v) is 5.92. The van der Waals surface area contributed by atoms with E-state index in [1.54, 1.807) is 24.9 Å². The van der Waals surface area contributed by atoms with Crippen LogP contribution < -0.4 is 10.6 Å². The third kappa shape index (κ3) is 4.65. The monoisotopic (exact) mass is 418 g/mol. The Kier molecular flexibility index (Phi) is 6.77. The first-order valence-corrected chi connectivity index (χ1v) is 10.4. The number of H-pyrrole nitrogens is 1. The number of nitrogens with zero attached hydrogens (tertiary/aromatic N) is 1. The molecule has 2 amide bonds. The minimum atomic E-state index is -0.668. The smallest absolute Gasteiger partial charge is 0.245 e. The van der Waals surface area contributed by atoms with Crippen LogP contribution in [0.2, 0.25) is 0 Å². The first-order chi connectivity index (χ1) is 14.2. The maximum absolute atomic E-state index is 13.5. The van der Waals surface area contributed by atoms with E-state index in [1.165, 1.54) is 12.1 Å². The van der Waals surface area contributed by atoms with E-state index in [0.29, 0.717) is 18.4 Å². The van der Waals surface area contributed by atoms with E-state index in [0.717, 1.165) is 10.9 Å². The van der Waals surface area contributed by atoms with Crippen molar-refractivity contribution < 1.29 is 19.1 Å². The van der Waals surface area contributed by atoms with E-state index in [1.807, 2.05) is 20.0 Å². The van der Waals surface area contributed by atoms with Gasteiger partial charge in [-0.3, -0.25) is 9.59 Å². The van der Waals surface area contributed by atoms with Crippen molar-refractivity contribution >= 4 is 22.7 Å². The SMILES string of the molecule is CN[C@@H](C)C(=O)N[C@H](C(=O)N1CC(O)C[C@@H]1Cc1c[nH]c2cc(F)ccc12)C(C)C. The number of hydrogen-bond acceptors (Lipinski definition) is 4. The number of aromatic amines is 1. The standard InChI is InChI=1S/C22H31FN4O3/c1-12(2)20(26-21(29)13(3)24-4)22(30)27-11-17(28)9-16(27)7-14-10-25-19-8-15(23)5-6-18(14)19/h5-6,8,10,12-13,16-17,20,24-25,28H,7,9,11H2,1-4H3,(H,26,29)/t13-,16-,17?,20-/m0/s1. The van der Waals surface area contributed by atoms with Gasteiger partial charge in [-0.15, -0.1) is 0 Å². The van der Waals surface area contributed by atoms with Crippen molar-refractivity contribution in [3.8, 4) is 0 Å². The molecule has 7 nitrogen and oxygen atoms in total. The van der Waals surface area contributed by atoms with Crippen molar-refractivity contribution in [3.05, 3.63) is 35.8 Å². The molecule has 1 aromatic heterocycles. The van der Waals surface area contributed by atoms with E-state index in [-0.39, 0.29) is 36.1 Å². The summed E-state index contributed by atoms with van der Waals surface area (Å²) in [5, 5.41) is 16.9. The third-order valence-electron chi connectivity index (χ3n) is 5.92. The summed E-state index contributed by atoms with van der Waals surface area (Å²) in [4.78, 5) is 30.5. The van der Waals surface area contributed by atoms with Crippen molar-refractivity contribution in [2.75, 3.05) is 13.6 Å². The van der Waals surface area contributed by atoms with E-state index in [2.05, 4.69) is 15.6 Å². The molecule has 3 rings (SSSR count). The molecule has 8 heteroatoms. The Bertz CT molecular complexity index is 913. The van der Waals surface area contributed by atoms with Gasteiger partial charge in [-0.2, -0.15) is 0 Å². The lowest BCUT2D eigenvalue weighted by Crippen LogP contribution is -2.55. The number of aliphatic hydroxyl groups is 1. The molecule has 4 atom stereocenters. The summed E-state index contributed by atoms with van der Waals surface area (Å²) < 4.78 is 13.5. The van der Waals surface area contributed by atoms with Crippen molar-refractivity contribution in [2.24, 2.45) is 5.92 Å². The predicted molar refractivity (Wildman–Crippen MR) is 113 cm³/mol. The molecule has 4 N–H and O–H groups in total. The second kappa shape index (κ2) is 9.14. The molecule has 2 heterocycles. The highest BCUT2D eigenvalue weighted by atomic mass is 19.1. The molecule has 0 saturated carbocycles. The number of amides is 2. The minimum Gasteiger partial charge on any atom is -0.391 e. The Morgan fingerprint density at radius 1 is 1.33 bits per heavy atom. The lowest BCUT2D eigenvalue weighted by molar-refractivity contribution is -0.139. The fraction of sp³-hybridized carbons (Fsp3) is 0.545. The van der Waals surface area contributed by atoms with Gasteiger partial charge in [-0.05, 0) is 56.5 Å². The number of fused-ring (bicyclic) bond motifs is 1. The molecule has 2 aromatic rings. The normalized spacial score (nSPS) is 21.2. The van der Waals surface area contributed by atoms with Gasteiger partial charge in [-0.1, -0.05) is 13.8 Å². The highest BCUT2D eigenvalue weighted by Crippen LogP contribution is 2.27. The molecule has 30 heavy (non-hydrogen) atoms. The summed E-state index contributed by atoms with van der Waals surface area (Å²) in [6.45, 7) is 5.76. The van der Waals surface area contributed by atoms with Crippen LogP contribution in [-0.2, 0) is 16.0 Å². The molecular weight excluding hydrogens is 387 g/mol. The number of likely N-dealkylation sites (tertiary alicyclic amines) is 1. The van der Waals surface area contributed by atoms with Gasteiger partial charge in [0.1, 0.15) is 11.9 Å². The molecule has 1 aliphatic heterocycles. The molecule has 1 unspecified atom stereocenters. The molecule has 1 aliphatic rings. The first kappa shape index (κ1) is 22.2. The number of β-amino-alcohol motifs (C(OH)–C–C–N with tert-alkyl or cyclic N) is 1. The number of halogens is 1. The van der Waals surface area contributed by atoms with Crippen LogP contribution in [0.4, 0.5) is 4.39 Å². The topological polar surface area (TPSA) is 97.5 Å². The zero-order valence-corrected chi connectivity index (χ0v) is 17.9. The summed E-state index contributed by atoms with van der Waals surface area (Å²) in [6.07, 6.45) is 2.22.